The van der Waals surface area contributed by atoms with Gasteiger partial charge in [-0.2, -0.15) is 0 Å². The number of carbonyl (C=O) groups excluding carboxylic acids is 1. The molecule has 0 spiro atoms. The molecule has 1 aromatic rings. The Morgan fingerprint density at radius 2 is 2.12 bits per heavy atom. The van der Waals surface area contributed by atoms with Crippen LogP contribution < -0.4 is 10.5 Å². The van der Waals surface area contributed by atoms with Gasteiger partial charge in [-0.3, -0.25) is 4.79 Å². The van der Waals surface area contributed by atoms with E-state index >= 15 is 0 Å². The van der Waals surface area contributed by atoms with Crippen LogP contribution in [0.2, 0.25) is 0 Å². The number of aryl methyl sites for hydroxylation is 1. The smallest absolute Gasteiger partial charge is 0.339 e. The molecule has 1 aromatic carbocycles. The number of rotatable bonds is 5. The minimum atomic E-state index is -1.08. The van der Waals surface area contributed by atoms with E-state index in [9.17, 15) is 9.59 Å². The van der Waals surface area contributed by atoms with Gasteiger partial charge in [0.1, 0.15) is 11.3 Å². The summed E-state index contributed by atoms with van der Waals surface area (Å²) >= 11 is 3.21. The molecular formula is C11H12BrNO4. The van der Waals surface area contributed by atoms with Crippen LogP contribution in [0.3, 0.4) is 0 Å². The van der Waals surface area contributed by atoms with Crippen LogP contribution in [0.4, 0.5) is 0 Å². The number of primary amides is 1. The Morgan fingerprint density at radius 1 is 1.47 bits per heavy atom. The van der Waals surface area contributed by atoms with Crippen molar-refractivity contribution in [2.24, 2.45) is 5.73 Å². The zero-order chi connectivity index (χ0) is 13.0. The van der Waals surface area contributed by atoms with Gasteiger partial charge in [0.05, 0.1) is 13.0 Å². The molecule has 0 unspecified atom stereocenters. The summed E-state index contributed by atoms with van der Waals surface area (Å²) in [5.41, 5.74) is 5.71. The molecule has 0 fully saturated rings. The van der Waals surface area contributed by atoms with Gasteiger partial charge in [-0.1, -0.05) is 15.9 Å². The van der Waals surface area contributed by atoms with Gasteiger partial charge in [0.15, 0.2) is 0 Å². The van der Waals surface area contributed by atoms with Gasteiger partial charge in [-0.25, -0.2) is 4.79 Å². The summed E-state index contributed by atoms with van der Waals surface area (Å²) in [7, 11) is 0. The number of carboxylic acid groups (broad SMARTS) is 1. The number of hydrogen-bond acceptors (Lipinski definition) is 3. The van der Waals surface area contributed by atoms with Crippen molar-refractivity contribution in [3.63, 3.8) is 0 Å². The van der Waals surface area contributed by atoms with Crippen molar-refractivity contribution in [1.29, 1.82) is 0 Å². The summed E-state index contributed by atoms with van der Waals surface area (Å²) in [5.74, 6) is -1.30. The third kappa shape index (κ3) is 3.74. The molecule has 0 saturated carbocycles. The summed E-state index contributed by atoms with van der Waals surface area (Å²) < 4.78 is 5.95. The van der Waals surface area contributed by atoms with E-state index in [1.165, 1.54) is 6.07 Å². The molecule has 17 heavy (non-hydrogen) atoms. The zero-order valence-corrected chi connectivity index (χ0v) is 10.8. The van der Waals surface area contributed by atoms with E-state index in [0.29, 0.717) is 10.0 Å². The third-order valence-electron chi connectivity index (χ3n) is 2.06. The van der Waals surface area contributed by atoms with E-state index in [1.807, 2.05) is 0 Å². The highest BCUT2D eigenvalue weighted by molar-refractivity contribution is 9.10. The minimum absolute atomic E-state index is 0.0502. The summed E-state index contributed by atoms with van der Waals surface area (Å²) in [5, 5.41) is 9.03. The maximum Gasteiger partial charge on any atom is 0.339 e. The van der Waals surface area contributed by atoms with Crippen LogP contribution in [-0.4, -0.2) is 23.6 Å². The normalized spacial score (nSPS) is 10.0. The number of ether oxygens (including phenoxy) is 1. The first kappa shape index (κ1) is 13.5. The Morgan fingerprint density at radius 3 is 2.65 bits per heavy atom. The van der Waals surface area contributed by atoms with Crippen molar-refractivity contribution >= 4 is 27.8 Å². The molecule has 0 aliphatic heterocycles. The lowest BCUT2D eigenvalue weighted by Crippen LogP contribution is -2.15. The fourth-order valence-corrected chi connectivity index (χ4v) is 1.91. The van der Waals surface area contributed by atoms with Crippen molar-refractivity contribution in [3.05, 3.63) is 27.7 Å². The molecule has 0 radical (unpaired) electrons. The minimum Gasteiger partial charge on any atom is -0.492 e. The molecule has 0 aliphatic rings. The largest absolute Gasteiger partial charge is 0.492 e. The fraction of sp³-hybridized carbons (Fsp3) is 0.273. The highest BCUT2D eigenvalue weighted by Crippen LogP contribution is 2.28. The molecule has 0 atom stereocenters. The lowest BCUT2D eigenvalue weighted by Gasteiger charge is -2.11. The summed E-state index contributed by atoms with van der Waals surface area (Å²) in [6, 6.07) is 3.20. The molecule has 6 heteroatoms. The molecule has 1 amide bonds. The van der Waals surface area contributed by atoms with Crippen molar-refractivity contribution in [2.45, 2.75) is 13.3 Å². The topological polar surface area (TPSA) is 89.6 Å². The van der Waals surface area contributed by atoms with Crippen molar-refractivity contribution in [1.82, 2.24) is 0 Å². The number of carbonyl (C=O) groups is 2. The van der Waals surface area contributed by atoms with Crippen LogP contribution in [0, 0.1) is 6.92 Å². The molecule has 0 aromatic heterocycles. The van der Waals surface area contributed by atoms with Crippen molar-refractivity contribution in [3.8, 4) is 5.75 Å². The Bertz CT molecular complexity index is 459. The van der Waals surface area contributed by atoms with Gasteiger partial charge in [0.25, 0.3) is 0 Å². The number of nitrogens with two attached hydrogens (primary N) is 1. The first-order chi connectivity index (χ1) is 7.91. The standard InChI is InChI=1S/C11H12BrNO4/c1-6-4-7(12)5-8(11(15)16)10(6)17-3-2-9(13)14/h4-5H,2-3H2,1H3,(H2,13,14)(H,15,16). The second-order valence-electron chi connectivity index (χ2n) is 3.47. The quantitative estimate of drug-likeness (QED) is 0.866. The predicted octanol–water partition coefficient (Wildman–Crippen LogP) is 1.71. The van der Waals surface area contributed by atoms with Crippen LogP contribution in [-0.2, 0) is 4.79 Å². The molecule has 5 nitrogen and oxygen atoms in total. The first-order valence-electron chi connectivity index (χ1n) is 4.86. The lowest BCUT2D eigenvalue weighted by atomic mass is 10.1. The predicted molar refractivity (Wildman–Crippen MR) is 65.1 cm³/mol. The van der Waals surface area contributed by atoms with Crippen molar-refractivity contribution in [2.75, 3.05) is 6.61 Å². The third-order valence-corrected chi connectivity index (χ3v) is 2.52. The number of carboxylic acids is 1. The Balaban J connectivity index is 2.96. The van der Waals surface area contributed by atoms with Gasteiger partial charge >= 0.3 is 5.97 Å². The SMILES string of the molecule is Cc1cc(Br)cc(C(=O)O)c1OCCC(N)=O. The lowest BCUT2D eigenvalue weighted by molar-refractivity contribution is -0.118. The Hall–Kier alpha value is -1.56. The Labute approximate surface area is 107 Å². The number of aromatic carboxylic acids is 1. The maximum atomic E-state index is 11.0. The van der Waals surface area contributed by atoms with Crippen LogP contribution >= 0.6 is 15.9 Å². The summed E-state index contributed by atoms with van der Waals surface area (Å²) in [6.45, 7) is 1.80. The molecule has 0 aliphatic carbocycles. The van der Waals surface area contributed by atoms with E-state index in [1.54, 1.807) is 13.0 Å². The van der Waals surface area contributed by atoms with Crippen LogP contribution in [0.15, 0.2) is 16.6 Å². The monoisotopic (exact) mass is 301 g/mol. The molecule has 0 saturated heterocycles. The molecule has 3 N–H and O–H groups in total. The van der Waals surface area contributed by atoms with E-state index in [4.69, 9.17) is 15.6 Å². The average Bonchev–Trinajstić information content (AvgIpc) is 2.19. The molecule has 0 heterocycles. The van der Waals surface area contributed by atoms with Crippen molar-refractivity contribution < 1.29 is 19.4 Å². The second kappa shape index (κ2) is 5.67. The van der Waals surface area contributed by atoms with E-state index < -0.39 is 11.9 Å². The van der Waals surface area contributed by atoms with Gasteiger partial charge in [0, 0.05) is 4.47 Å². The van der Waals surface area contributed by atoms with Gasteiger partial charge in [-0.05, 0) is 24.6 Å². The molecule has 0 bridgehead atoms. The van der Waals surface area contributed by atoms with Gasteiger partial charge in [0.2, 0.25) is 5.91 Å². The number of halogens is 1. The Kier molecular flexibility index (Phi) is 4.51. The summed E-state index contributed by atoms with van der Waals surface area (Å²) in [4.78, 5) is 21.6. The van der Waals surface area contributed by atoms with Crippen LogP contribution in [0.5, 0.6) is 5.75 Å². The van der Waals surface area contributed by atoms with Gasteiger partial charge in [-0.15, -0.1) is 0 Å². The van der Waals surface area contributed by atoms with E-state index in [0.717, 1.165) is 0 Å². The average molecular weight is 302 g/mol. The highest BCUT2D eigenvalue weighted by Gasteiger charge is 2.15. The van der Waals surface area contributed by atoms with Crippen LogP contribution in [0.1, 0.15) is 22.3 Å². The first-order valence-corrected chi connectivity index (χ1v) is 5.65. The molecule has 92 valence electrons. The highest BCUT2D eigenvalue weighted by atomic mass is 79.9. The van der Waals surface area contributed by atoms with E-state index in [2.05, 4.69) is 15.9 Å². The molecular weight excluding hydrogens is 290 g/mol. The van der Waals surface area contributed by atoms with Crippen LogP contribution in [0.25, 0.3) is 0 Å². The van der Waals surface area contributed by atoms with E-state index in [-0.39, 0.29) is 24.3 Å². The summed E-state index contributed by atoms with van der Waals surface area (Å²) in [6.07, 6.45) is 0.0502. The van der Waals surface area contributed by atoms with Gasteiger partial charge < -0.3 is 15.6 Å². The fourth-order valence-electron chi connectivity index (χ4n) is 1.33. The molecule has 1 rings (SSSR count). The number of benzene rings is 1. The second-order valence-corrected chi connectivity index (χ2v) is 4.38. The number of amides is 1. The number of hydrogen-bond donors (Lipinski definition) is 2. The zero-order valence-electron chi connectivity index (χ0n) is 9.20. The maximum absolute atomic E-state index is 11.0.